The van der Waals surface area contributed by atoms with Gasteiger partial charge in [-0.05, 0) is 13.0 Å². The zero-order chi connectivity index (χ0) is 14.3. The van der Waals surface area contributed by atoms with Crippen LogP contribution in [0.5, 0.6) is 0 Å². The van der Waals surface area contributed by atoms with E-state index >= 15 is 0 Å². The van der Waals surface area contributed by atoms with Crippen molar-refractivity contribution in [2.24, 2.45) is 0 Å². The number of aryl methyl sites for hydroxylation is 1. The topological polar surface area (TPSA) is 104 Å². The van der Waals surface area contributed by atoms with Crippen molar-refractivity contribution in [3.05, 3.63) is 56.7 Å². The average Bonchev–Trinajstić information content (AvgIpc) is 2.93. The molecular weight excluding hydrogens is 264 g/mol. The number of hydrogen-bond donors (Lipinski definition) is 0. The van der Waals surface area contributed by atoms with Gasteiger partial charge in [0, 0.05) is 12.1 Å². The minimum absolute atomic E-state index is 0.117. The fourth-order valence-electron chi connectivity index (χ4n) is 1.91. The first-order chi connectivity index (χ1) is 9.58. The Hall–Kier alpha value is -3.03. The zero-order valence-electron chi connectivity index (χ0n) is 10.3. The molecule has 2 heterocycles. The van der Waals surface area contributed by atoms with Crippen LogP contribution in [0.2, 0.25) is 0 Å². The first-order valence-electron chi connectivity index (χ1n) is 5.67. The smallest absolute Gasteiger partial charge is 0.301 e. The third-order valence-electron chi connectivity index (χ3n) is 2.89. The van der Waals surface area contributed by atoms with Gasteiger partial charge in [0.25, 0.3) is 5.69 Å². The second kappa shape index (κ2) is 4.26. The van der Waals surface area contributed by atoms with Crippen molar-refractivity contribution in [2.75, 3.05) is 0 Å². The van der Waals surface area contributed by atoms with Gasteiger partial charge in [-0.25, -0.2) is 0 Å². The standard InChI is InChI=1S/C12H8N4O4/c1-7-10-6-20-14-11(10)12(17)15(13-7)8-3-2-4-9(5-8)16(18)19/h2-6H,1H3. The van der Waals surface area contributed by atoms with Crippen LogP contribution in [0, 0.1) is 17.0 Å². The maximum Gasteiger partial charge on any atom is 0.301 e. The molecule has 0 aliphatic carbocycles. The van der Waals surface area contributed by atoms with Gasteiger partial charge in [0.05, 0.1) is 21.7 Å². The molecule has 0 saturated heterocycles. The van der Waals surface area contributed by atoms with Gasteiger partial charge >= 0.3 is 5.56 Å². The third-order valence-corrected chi connectivity index (χ3v) is 2.89. The molecule has 0 amide bonds. The largest absolute Gasteiger partial charge is 0.363 e. The maximum atomic E-state index is 12.2. The number of hydrogen-bond acceptors (Lipinski definition) is 6. The molecule has 2 aromatic heterocycles. The molecular formula is C12H8N4O4. The van der Waals surface area contributed by atoms with E-state index < -0.39 is 10.5 Å². The summed E-state index contributed by atoms with van der Waals surface area (Å²) in [7, 11) is 0. The lowest BCUT2D eigenvalue weighted by Gasteiger charge is -2.05. The fourth-order valence-corrected chi connectivity index (χ4v) is 1.91. The highest BCUT2D eigenvalue weighted by Crippen LogP contribution is 2.17. The Morgan fingerprint density at radius 1 is 1.40 bits per heavy atom. The fraction of sp³-hybridized carbons (Fsp3) is 0.0833. The number of fused-ring (bicyclic) bond motifs is 1. The van der Waals surface area contributed by atoms with E-state index in [1.807, 2.05) is 0 Å². The highest BCUT2D eigenvalue weighted by Gasteiger charge is 2.14. The molecule has 0 fully saturated rings. The summed E-state index contributed by atoms with van der Waals surface area (Å²) < 4.78 is 5.84. The normalized spacial score (nSPS) is 10.8. The van der Waals surface area contributed by atoms with E-state index in [0.717, 1.165) is 4.68 Å². The van der Waals surface area contributed by atoms with E-state index in [9.17, 15) is 14.9 Å². The highest BCUT2D eigenvalue weighted by atomic mass is 16.6. The summed E-state index contributed by atoms with van der Waals surface area (Å²) in [5.74, 6) is 0. The number of nitro groups is 1. The Morgan fingerprint density at radius 3 is 2.95 bits per heavy atom. The molecule has 0 saturated carbocycles. The lowest BCUT2D eigenvalue weighted by atomic mass is 10.2. The van der Waals surface area contributed by atoms with Gasteiger partial charge in [0.2, 0.25) is 0 Å². The van der Waals surface area contributed by atoms with Crippen molar-refractivity contribution in [1.29, 1.82) is 0 Å². The van der Waals surface area contributed by atoms with Crippen molar-refractivity contribution in [3.63, 3.8) is 0 Å². The Morgan fingerprint density at radius 2 is 2.20 bits per heavy atom. The molecule has 0 bridgehead atoms. The minimum Gasteiger partial charge on any atom is -0.363 e. The second-order valence-electron chi connectivity index (χ2n) is 4.16. The van der Waals surface area contributed by atoms with Gasteiger partial charge in [-0.15, -0.1) is 0 Å². The predicted molar refractivity (Wildman–Crippen MR) is 68.8 cm³/mol. The lowest BCUT2D eigenvalue weighted by molar-refractivity contribution is -0.384. The van der Waals surface area contributed by atoms with Gasteiger partial charge in [0.1, 0.15) is 6.26 Å². The van der Waals surface area contributed by atoms with Gasteiger partial charge < -0.3 is 4.52 Å². The van der Waals surface area contributed by atoms with Crippen molar-refractivity contribution in [3.8, 4) is 5.69 Å². The molecule has 8 nitrogen and oxygen atoms in total. The molecule has 0 spiro atoms. The molecule has 8 heteroatoms. The third kappa shape index (κ3) is 1.74. The summed E-state index contributed by atoms with van der Waals surface area (Å²) in [6.45, 7) is 1.70. The number of benzene rings is 1. The molecule has 100 valence electrons. The van der Waals surface area contributed by atoms with E-state index in [2.05, 4.69) is 10.3 Å². The Bertz CT molecular complexity index is 881. The van der Waals surface area contributed by atoms with Crippen LogP contribution in [-0.2, 0) is 0 Å². The maximum absolute atomic E-state index is 12.2. The van der Waals surface area contributed by atoms with Crippen LogP contribution < -0.4 is 5.56 Å². The van der Waals surface area contributed by atoms with Crippen LogP contribution in [0.25, 0.3) is 16.6 Å². The van der Waals surface area contributed by atoms with Gasteiger partial charge in [-0.2, -0.15) is 9.78 Å². The summed E-state index contributed by atoms with van der Waals surface area (Å²) in [5.41, 5.74) is 0.391. The van der Waals surface area contributed by atoms with Crippen LogP contribution in [0.3, 0.4) is 0 Å². The first kappa shape index (κ1) is 12.0. The quantitative estimate of drug-likeness (QED) is 0.518. The molecule has 0 aliphatic rings. The summed E-state index contributed by atoms with van der Waals surface area (Å²) >= 11 is 0. The summed E-state index contributed by atoms with van der Waals surface area (Å²) in [6.07, 6.45) is 1.34. The zero-order valence-corrected chi connectivity index (χ0v) is 10.3. The molecule has 0 aliphatic heterocycles. The Kier molecular flexibility index (Phi) is 2.56. The molecule has 1 aromatic carbocycles. The van der Waals surface area contributed by atoms with E-state index in [0.29, 0.717) is 16.8 Å². The highest BCUT2D eigenvalue weighted by molar-refractivity contribution is 5.78. The molecule has 3 rings (SSSR count). The van der Waals surface area contributed by atoms with Crippen LogP contribution in [0.1, 0.15) is 5.69 Å². The van der Waals surface area contributed by atoms with Crippen LogP contribution >= 0.6 is 0 Å². The summed E-state index contributed by atoms with van der Waals surface area (Å²) in [4.78, 5) is 22.5. The van der Waals surface area contributed by atoms with Gasteiger partial charge in [-0.3, -0.25) is 14.9 Å². The Balaban J connectivity index is 2.29. The van der Waals surface area contributed by atoms with Crippen LogP contribution in [0.4, 0.5) is 5.69 Å². The molecule has 3 aromatic rings. The number of nitro benzene ring substituents is 1. The average molecular weight is 272 g/mol. The van der Waals surface area contributed by atoms with Crippen molar-refractivity contribution >= 4 is 16.6 Å². The minimum atomic E-state index is -0.532. The van der Waals surface area contributed by atoms with E-state index in [1.54, 1.807) is 13.0 Å². The van der Waals surface area contributed by atoms with Crippen molar-refractivity contribution in [1.82, 2.24) is 14.9 Å². The van der Waals surface area contributed by atoms with Crippen molar-refractivity contribution < 1.29 is 9.45 Å². The number of aromatic nitrogens is 3. The molecule has 0 atom stereocenters. The molecule has 20 heavy (non-hydrogen) atoms. The predicted octanol–water partition coefficient (Wildman–Crippen LogP) is 1.59. The monoisotopic (exact) mass is 272 g/mol. The summed E-state index contributed by atoms with van der Waals surface area (Å²) in [5, 5.41) is 19.1. The lowest BCUT2D eigenvalue weighted by Crippen LogP contribution is -2.22. The molecule has 0 N–H and O–H groups in total. The van der Waals surface area contributed by atoms with E-state index in [-0.39, 0.29) is 11.2 Å². The number of rotatable bonds is 2. The Labute approximate surface area is 111 Å². The molecule has 0 radical (unpaired) electrons. The van der Waals surface area contributed by atoms with Crippen LogP contribution in [0.15, 0.2) is 39.8 Å². The number of non-ortho nitro benzene ring substituents is 1. The van der Waals surface area contributed by atoms with Crippen molar-refractivity contribution in [2.45, 2.75) is 6.92 Å². The SMILES string of the molecule is Cc1nn(-c2cccc([N+](=O)[O-])c2)c(=O)c2nocc12. The van der Waals surface area contributed by atoms with E-state index in [4.69, 9.17) is 4.52 Å². The number of nitrogens with zero attached hydrogens (tertiary/aromatic N) is 4. The van der Waals surface area contributed by atoms with Gasteiger partial charge in [0.15, 0.2) is 5.52 Å². The van der Waals surface area contributed by atoms with Gasteiger partial charge in [-0.1, -0.05) is 11.2 Å². The second-order valence-corrected chi connectivity index (χ2v) is 4.16. The molecule has 0 unspecified atom stereocenters. The van der Waals surface area contributed by atoms with Crippen LogP contribution in [-0.4, -0.2) is 19.9 Å². The first-order valence-corrected chi connectivity index (χ1v) is 5.67. The van der Waals surface area contributed by atoms with E-state index in [1.165, 1.54) is 24.5 Å². The summed E-state index contributed by atoms with van der Waals surface area (Å²) in [6, 6.07) is 5.67.